The van der Waals surface area contributed by atoms with Gasteiger partial charge in [0.2, 0.25) is 10.0 Å². The summed E-state index contributed by atoms with van der Waals surface area (Å²) in [6.45, 7) is 10.8. The van der Waals surface area contributed by atoms with Crippen molar-refractivity contribution in [3.8, 4) is 0 Å². The Morgan fingerprint density at radius 2 is 1.64 bits per heavy atom. The van der Waals surface area contributed by atoms with Crippen molar-refractivity contribution in [2.24, 2.45) is 0 Å². The second-order valence-electron chi connectivity index (χ2n) is 8.29. The molecule has 0 unspecified atom stereocenters. The summed E-state index contributed by atoms with van der Waals surface area (Å²) >= 11 is 0. The van der Waals surface area contributed by atoms with Gasteiger partial charge in [-0.2, -0.15) is 4.31 Å². The summed E-state index contributed by atoms with van der Waals surface area (Å²) in [6, 6.07) is 5.83. The molecule has 0 saturated carbocycles. The van der Waals surface area contributed by atoms with Crippen LogP contribution < -0.4 is 15.5 Å². The summed E-state index contributed by atoms with van der Waals surface area (Å²) in [6.07, 6.45) is 0. The number of rotatable bonds is 4. The number of nitrogens with one attached hydrogen (secondary N) is 3. The molecule has 1 atom stereocenters. The van der Waals surface area contributed by atoms with Crippen LogP contribution in [0.25, 0.3) is 0 Å². The van der Waals surface area contributed by atoms with E-state index in [9.17, 15) is 18.0 Å². The average molecular weight is 412 g/mol. The molecular weight excluding hydrogens is 380 g/mol. The van der Waals surface area contributed by atoms with E-state index in [0.717, 1.165) is 10.5 Å². The van der Waals surface area contributed by atoms with Gasteiger partial charge in [-0.05, 0) is 46.8 Å². The van der Waals surface area contributed by atoms with Crippen molar-refractivity contribution >= 4 is 22.0 Å². The quantitative estimate of drug-likeness (QED) is 0.644. The monoisotopic (exact) mass is 411 g/mol. The molecule has 3 N–H and O–H groups in total. The highest BCUT2D eigenvalue weighted by molar-refractivity contribution is 7.89. The second kappa shape index (κ2) is 8.59. The summed E-state index contributed by atoms with van der Waals surface area (Å²) in [7, 11) is -3.53. The van der Waals surface area contributed by atoms with E-state index in [1.165, 1.54) is 4.31 Å². The highest BCUT2D eigenvalue weighted by Gasteiger charge is 2.35. The van der Waals surface area contributed by atoms with Crippen LogP contribution in [0.15, 0.2) is 29.2 Å². The summed E-state index contributed by atoms with van der Waals surface area (Å²) in [4.78, 5) is 25.5. The Kier molecular flexibility index (Phi) is 6.84. The lowest BCUT2D eigenvalue weighted by molar-refractivity contribution is -0.917. The third-order valence-corrected chi connectivity index (χ3v) is 6.67. The SMILES string of the molecule is Cc1ccc(S(=O)(=O)N2CC[NH+]([C@H](C)C(=O)NC(=O)NC(C)(C)C)CC2)cc1. The maximum Gasteiger partial charge on any atom is 0.322 e. The minimum absolute atomic E-state index is 0.284. The Balaban J connectivity index is 1.93. The van der Waals surface area contributed by atoms with E-state index in [-0.39, 0.29) is 10.8 Å². The van der Waals surface area contributed by atoms with Crippen molar-refractivity contribution in [2.75, 3.05) is 26.2 Å². The van der Waals surface area contributed by atoms with Crippen molar-refractivity contribution < 1.29 is 22.9 Å². The summed E-state index contributed by atoms with van der Waals surface area (Å²) in [5.74, 6) is -0.369. The number of quaternary nitrogens is 1. The van der Waals surface area contributed by atoms with Crippen molar-refractivity contribution in [2.45, 2.75) is 51.1 Å². The van der Waals surface area contributed by atoms with Gasteiger partial charge in [-0.25, -0.2) is 13.2 Å². The van der Waals surface area contributed by atoms with Crippen LogP contribution in [0.5, 0.6) is 0 Å². The van der Waals surface area contributed by atoms with E-state index < -0.39 is 27.6 Å². The Hall–Kier alpha value is -1.97. The molecule has 0 aromatic heterocycles. The summed E-state index contributed by atoms with van der Waals surface area (Å²) in [5, 5.41) is 5.05. The fourth-order valence-corrected chi connectivity index (χ4v) is 4.52. The number of amides is 3. The molecule has 1 fully saturated rings. The van der Waals surface area contributed by atoms with Gasteiger partial charge in [0.15, 0.2) is 6.04 Å². The molecule has 1 heterocycles. The van der Waals surface area contributed by atoms with Crippen LogP contribution >= 0.6 is 0 Å². The highest BCUT2D eigenvalue weighted by Crippen LogP contribution is 2.16. The molecule has 0 radical (unpaired) electrons. The van der Waals surface area contributed by atoms with Crippen LogP contribution in [-0.4, -0.2) is 62.4 Å². The third-order valence-electron chi connectivity index (χ3n) is 4.75. The van der Waals surface area contributed by atoms with Gasteiger partial charge in [-0.15, -0.1) is 0 Å². The standard InChI is InChI=1S/C19H30N4O4S/c1-14-6-8-16(9-7-14)28(26,27)23-12-10-22(11-13-23)15(2)17(24)20-18(25)21-19(3,4)5/h6-9,15H,10-13H2,1-5H3,(H2,20,21,24,25)/p+1/t15-/m1/s1. The molecule has 1 aliphatic rings. The van der Waals surface area contributed by atoms with Gasteiger partial charge in [-0.1, -0.05) is 17.7 Å². The minimum atomic E-state index is -3.53. The minimum Gasteiger partial charge on any atom is -0.333 e. The van der Waals surface area contributed by atoms with Gasteiger partial charge in [0.1, 0.15) is 0 Å². The number of aryl methyl sites for hydroxylation is 1. The number of nitrogens with zero attached hydrogens (tertiary/aromatic N) is 1. The van der Waals surface area contributed by atoms with E-state index >= 15 is 0 Å². The Morgan fingerprint density at radius 3 is 2.14 bits per heavy atom. The number of carbonyl (C=O) groups is 2. The molecule has 1 aromatic carbocycles. The largest absolute Gasteiger partial charge is 0.333 e. The van der Waals surface area contributed by atoms with Gasteiger partial charge in [0.05, 0.1) is 31.1 Å². The Morgan fingerprint density at radius 1 is 1.11 bits per heavy atom. The average Bonchev–Trinajstić information content (AvgIpc) is 2.59. The van der Waals surface area contributed by atoms with E-state index in [1.807, 2.05) is 27.7 Å². The van der Waals surface area contributed by atoms with Gasteiger partial charge < -0.3 is 10.2 Å². The molecule has 3 amide bonds. The molecule has 28 heavy (non-hydrogen) atoms. The number of urea groups is 1. The number of carbonyl (C=O) groups excluding carboxylic acids is 2. The van der Waals surface area contributed by atoms with Crippen LogP contribution in [0.2, 0.25) is 0 Å². The molecule has 2 rings (SSSR count). The zero-order chi connectivity index (χ0) is 21.1. The van der Waals surface area contributed by atoms with E-state index in [1.54, 1.807) is 31.2 Å². The zero-order valence-corrected chi connectivity index (χ0v) is 18.0. The molecular formula is C19H31N4O4S+. The predicted octanol–water partition coefficient (Wildman–Crippen LogP) is -0.103. The first-order valence-electron chi connectivity index (χ1n) is 9.44. The zero-order valence-electron chi connectivity index (χ0n) is 17.2. The molecule has 0 aliphatic carbocycles. The van der Waals surface area contributed by atoms with Crippen LogP contribution in [-0.2, 0) is 14.8 Å². The topological polar surface area (TPSA) is 100 Å². The number of hydrogen-bond donors (Lipinski definition) is 3. The van der Waals surface area contributed by atoms with E-state index in [0.29, 0.717) is 26.2 Å². The van der Waals surface area contributed by atoms with Crippen LogP contribution in [0.4, 0.5) is 4.79 Å². The molecule has 1 aromatic rings. The Bertz CT molecular complexity index is 807. The van der Waals surface area contributed by atoms with Crippen LogP contribution in [0, 0.1) is 6.92 Å². The molecule has 156 valence electrons. The van der Waals surface area contributed by atoms with Crippen molar-refractivity contribution in [1.29, 1.82) is 0 Å². The van der Waals surface area contributed by atoms with Gasteiger partial charge in [0, 0.05) is 5.54 Å². The van der Waals surface area contributed by atoms with Gasteiger partial charge in [-0.3, -0.25) is 10.1 Å². The molecule has 1 saturated heterocycles. The van der Waals surface area contributed by atoms with Gasteiger partial charge >= 0.3 is 6.03 Å². The number of benzene rings is 1. The maximum absolute atomic E-state index is 12.8. The molecule has 8 nitrogen and oxygen atoms in total. The number of imide groups is 1. The van der Waals surface area contributed by atoms with E-state index in [2.05, 4.69) is 10.6 Å². The van der Waals surface area contributed by atoms with Crippen molar-refractivity contribution in [1.82, 2.24) is 14.9 Å². The fourth-order valence-electron chi connectivity index (χ4n) is 3.08. The first kappa shape index (κ1) is 22.3. The second-order valence-corrected chi connectivity index (χ2v) is 10.2. The normalized spacial score (nSPS) is 17.8. The summed E-state index contributed by atoms with van der Waals surface area (Å²) < 4.78 is 27.0. The lowest BCUT2D eigenvalue weighted by Crippen LogP contribution is -3.19. The summed E-state index contributed by atoms with van der Waals surface area (Å²) in [5.41, 5.74) is 0.569. The number of hydrogen-bond acceptors (Lipinski definition) is 4. The Labute approximate surface area is 167 Å². The molecule has 1 aliphatic heterocycles. The molecule has 0 bridgehead atoms. The van der Waals surface area contributed by atoms with Crippen LogP contribution in [0.1, 0.15) is 33.3 Å². The van der Waals surface area contributed by atoms with Gasteiger partial charge in [0.25, 0.3) is 5.91 Å². The smallest absolute Gasteiger partial charge is 0.322 e. The predicted molar refractivity (Wildman–Crippen MR) is 107 cm³/mol. The number of sulfonamides is 1. The lowest BCUT2D eigenvalue weighted by atomic mass is 10.1. The van der Waals surface area contributed by atoms with Crippen molar-refractivity contribution in [3.63, 3.8) is 0 Å². The molecule has 9 heteroatoms. The molecule has 0 spiro atoms. The first-order chi connectivity index (χ1) is 12.9. The fraction of sp³-hybridized carbons (Fsp3) is 0.579. The maximum atomic E-state index is 12.8. The van der Waals surface area contributed by atoms with Crippen LogP contribution in [0.3, 0.4) is 0 Å². The van der Waals surface area contributed by atoms with E-state index in [4.69, 9.17) is 0 Å². The highest BCUT2D eigenvalue weighted by atomic mass is 32.2. The number of piperazine rings is 1. The van der Waals surface area contributed by atoms with Crippen molar-refractivity contribution in [3.05, 3.63) is 29.8 Å². The third kappa shape index (κ3) is 5.76. The lowest BCUT2D eigenvalue weighted by Gasteiger charge is -2.34. The first-order valence-corrected chi connectivity index (χ1v) is 10.9.